The summed E-state index contributed by atoms with van der Waals surface area (Å²) in [6.07, 6.45) is -1.35. The van der Waals surface area contributed by atoms with Gasteiger partial charge in [0.25, 0.3) is 0 Å². The van der Waals surface area contributed by atoms with E-state index >= 15 is 0 Å². The largest absolute Gasteiger partial charge is 0.418 e. The van der Waals surface area contributed by atoms with Crippen LogP contribution in [0.5, 0.6) is 0 Å². The van der Waals surface area contributed by atoms with Crippen molar-refractivity contribution in [3.05, 3.63) is 36.3 Å². The van der Waals surface area contributed by atoms with E-state index in [0.717, 1.165) is 11.8 Å². The van der Waals surface area contributed by atoms with Gasteiger partial charge in [0.15, 0.2) is 6.10 Å². The molecule has 1 heterocycles. The maximum atomic E-state index is 12.0. The Bertz CT molecular complexity index is 270. The highest BCUT2D eigenvalue weighted by atomic mass is 32.2. The number of alkyl halides is 3. The Hall–Kier alpha value is -0.680. The topological polar surface area (TPSA) is 12.5 Å². The van der Waals surface area contributed by atoms with Gasteiger partial charge in [-0.25, -0.2) is 0 Å². The summed E-state index contributed by atoms with van der Waals surface area (Å²) in [5, 5.41) is 0. The van der Waals surface area contributed by atoms with Gasteiger partial charge < -0.3 is 4.74 Å². The fourth-order valence-electron chi connectivity index (χ4n) is 0.826. The lowest BCUT2D eigenvalue weighted by Gasteiger charge is -2.00. The molecule has 0 N–H and O–H groups in total. The van der Waals surface area contributed by atoms with Gasteiger partial charge in [-0.1, -0.05) is 37.1 Å². The third kappa shape index (κ3) is 2.92. The summed E-state index contributed by atoms with van der Waals surface area (Å²) in [5.74, 6) is 0. The van der Waals surface area contributed by atoms with E-state index < -0.39 is 17.7 Å². The van der Waals surface area contributed by atoms with Crippen LogP contribution in [0.15, 0.2) is 36.3 Å². The van der Waals surface area contributed by atoms with Crippen LogP contribution in [0.4, 0.5) is 13.2 Å². The Morgan fingerprint density at radius 2 is 2.00 bits per heavy atom. The van der Waals surface area contributed by atoms with E-state index in [4.69, 9.17) is 0 Å². The average Bonchev–Trinajstić information content (AvgIpc) is 2.82. The normalized spacial score (nSPS) is 27.2. The molecule has 0 spiro atoms. The Morgan fingerprint density at radius 1 is 1.36 bits per heavy atom. The summed E-state index contributed by atoms with van der Waals surface area (Å²) in [6.45, 7) is 6.92. The van der Waals surface area contributed by atoms with Crippen molar-refractivity contribution in [3.8, 4) is 0 Å². The van der Waals surface area contributed by atoms with E-state index in [-0.39, 0.29) is 0 Å². The second-order valence-corrected chi connectivity index (χ2v) is 3.77. The van der Waals surface area contributed by atoms with Crippen LogP contribution in [0.1, 0.15) is 0 Å². The predicted octanol–water partition coefficient (Wildman–Crippen LogP) is 3.26. The summed E-state index contributed by atoms with van der Waals surface area (Å²) >= 11 is 1.000. The van der Waals surface area contributed by atoms with Crippen LogP contribution in [0.3, 0.4) is 0 Å². The molecule has 14 heavy (non-hydrogen) atoms. The van der Waals surface area contributed by atoms with Gasteiger partial charge >= 0.3 is 6.18 Å². The van der Waals surface area contributed by atoms with Gasteiger partial charge in [-0.3, -0.25) is 0 Å². The molecule has 0 radical (unpaired) electrons. The first-order valence-electron chi connectivity index (χ1n) is 3.83. The molecule has 2 unspecified atom stereocenters. The number of thioether (sulfide) groups is 1. The van der Waals surface area contributed by atoms with Crippen molar-refractivity contribution in [2.24, 2.45) is 0 Å². The molecule has 0 aromatic carbocycles. The highest BCUT2D eigenvalue weighted by molar-refractivity contribution is 8.04. The molecule has 78 valence electrons. The Morgan fingerprint density at radius 3 is 2.36 bits per heavy atom. The zero-order valence-corrected chi connectivity index (χ0v) is 8.07. The van der Waals surface area contributed by atoms with E-state index in [0.29, 0.717) is 4.91 Å². The van der Waals surface area contributed by atoms with Crippen LogP contribution in [0, 0.1) is 0 Å². The quantitative estimate of drug-likeness (QED) is 0.534. The number of halogens is 3. The SMILES string of the molecule is C=C/C=C(\C=C)SC1OC1C(F)(F)F. The fraction of sp³-hybridized carbons (Fsp3) is 0.333. The van der Waals surface area contributed by atoms with Gasteiger partial charge in [-0.15, -0.1) is 0 Å². The number of allylic oxidation sites excluding steroid dienone is 3. The third-order valence-electron chi connectivity index (χ3n) is 1.51. The predicted molar refractivity (Wildman–Crippen MR) is 50.8 cm³/mol. The molecule has 1 rings (SSSR count). The molecule has 1 aliphatic heterocycles. The zero-order chi connectivity index (χ0) is 10.8. The minimum atomic E-state index is -4.27. The van der Waals surface area contributed by atoms with Crippen LogP contribution in [-0.4, -0.2) is 17.7 Å². The maximum Gasteiger partial charge on any atom is 0.418 e. The Kier molecular flexibility index (Phi) is 3.44. The molecule has 1 aliphatic rings. The highest BCUT2D eigenvalue weighted by Gasteiger charge is 2.58. The van der Waals surface area contributed by atoms with E-state index in [1.807, 2.05) is 0 Å². The maximum absolute atomic E-state index is 12.0. The molecular formula is C9H9F3OS. The van der Waals surface area contributed by atoms with Crippen LogP contribution >= 0.6 is 11.8 Å². The zero-order valence-electron chi connectivity index (χ0n) is 7.25. The lowest BCUT2D eigenvalue weighted by atomic mass is 10.5. The number of hydrogen-bond acceptors (Lipinski definition) is 2. The minimum absolute atomic E-state index is 0.622. The lowest BCUT2D eigenvalue weighted by molar-refractivity contribution is -0.146. The first kappa shape index (κ1) is 11.4. The van der Waals surface area contributed by atoms with Crippen molar-refractivity contribution < 1.29 is 17.9 Å². The number of rotatable bonds is 4. The van der Waals surface area contributed by atoms with E-state index in [1.54, 1.807) is 6.08 Å². The van der Waals surface area contributed by atoms with Crippen LogP contribution in [0.25, 0.3) is 0 Å². The average molecular weight is 222 g/mol. The summed E-state index contributed by atoms with van der Waals surface area (Å²) in [7, 11) is 0. The lowest BCUT2D eigenvalue weighted by Crippen LogP contribution is -2.17. The summed E-state index contributed by atoms with van der Waals surface area (Å²) in [5.41, 5.74) is -0.834. The fourth-order valence-corrected chi connectivity index (χ4v) is 1.82. The summed E-state index contributed by atoms with van der Waals surface area (Å²) < 4.78 is 40.6. The molecule has 0 aromatic rings. The second-order valence-electron chi connectivity index (χ2n) is 2.59. The second kappa shape index (κ2) is 4.23. The molecule has 2 atom stereocenters. The standard InChI is InChI=1S/C9H9F3OS/c1-3-5-6(4-2)14-8-7(13-8)9(10,11)12/h3-5,7-8H,1-2H2/b6-5+. The van der Waals surface area contributed by atoms with Gasteiger partial charge in [0.2, 0.25) is 0 Å². The summed E-state index contributed by atoms with van der Waals surface area (Å²) in [4.78, 5) is 0.622. The van der Waals surface area contributed by atoms with Gasteiger partial charge in [0.1, 0.15) is 5.44 Å². The minimum Gasteiger partial charge on any atom is -0.348 e. The van der Waals surface area contributed by atoms with E-state index in [1.165, 1.54) is 12.2 Å². The number of ether oxygens (including phenoxy) is 1. The van der Waals surface area contributed by atoms with E-state index in [2.05, 4.69) is 17.9 Å². The molecule has 1 nitrogen and oxygen atoms in total. The molecule has 0 saturated carbocycles. The molecule has 0 aromatic heterocycles. The van der Waals surface area contributed by atoms with Crippen molar-refractivity contribution in [3.63, 3.8) is 0 Å². The van der Waals surface area contributed by atoms with Crippen molar-refractivity contribution >= 4 is 11.8 Å². The van der Waals surface area contributed by atoms with Crippen molar-refractivity contribution in [2.45, 2.75) is 17.7 Å². The van der Waals surface area contributed by atoms with Gasteiger partial charge in [-0.2, -0.15) is 13.2 Å². The molecule has 0 aliphatic carbocycles. The van der Waals surface area contributed by atoms with Crippen molar-refractivity contribution in [2.75, 3.05) is 0 Å². The smallest absolute Gasteiger partial charge is 0.348 e. The van der Waals surface area contributed by atoms with Gasteiger partial charge in [0.05, 0.1) is 0 Å². The highest BCUT2D eigenvalue weighted by Crippen LogP contribution is 2.46. The van der Waals surface area contributed by atoms with Gasteiger partial charge in [0, 0.05) is 4.91 Å². The molecule has 0 bridgehead atoms. The van der Waals surface area contributed by atoms with Crippen molar-refractivity contribution in [1.82, 2.24) is 0 Å². The Balaban J connectivity index is 2.46. The van der Waals surface area contributed by atoms with Crippen molar-refractivity contribution in [1.29, 1.82) is 0 Å². The summed E-state index contributed by atoms with van der Waals surface area (Å²) in [6, 6.07) is 0. The first-order valence-corrected chi connectivity index (χ1v) is 4.71. The number of epoxide rings is 1. The monoisotopic (exact) mass is 222 g/mol. The molecule has 1 saturated heterocycles. The van der Waals surface area contributed by atoms with Crippen LogP contribution < -0.4 is 0 Å². The van der Waals surface area contributed by atoms with E-state index in [9.17, 15) is 13.2 Å². The molecule has 1 fully saturated rings. The van der Waals surface area contributed by atoms with Crippen LogP contribution in [-0.2, 0) is 4.74 Å². The number of hydrogen-bond donors (Lipinski definition) is 0. The molecule has 5 heteroatoms. The molecule has 0 amide bonds. The first-order chi connectivity index (χ1) is 6.49. The Labute approximate surface area is 84.3 Å². The van der Waals surface area contributed by atoms with Gasteiger partial charge in [-0.05, 0) is 6.08 Å². The third-order valence-corrected chi connectivity index (χ3v) is 2.67. The van der Waals surface area contributed by atoms with Crippen LogP contribution in [0.2, 0.25) is 0 Å². The molecular weight excluding hydrogens is 213 g/mol.